The molecule has 2 aromatic rings. The molecule has 0 saturated carbocycles. The van der Waals surface area contributed by atoms with Gasteiger partial charge in [-0.2, -0.15) is 0 Å². The van der Waals surface area contributed by atoms with E-state index in [0.29, 0.717) is 5.69 Å². The first-order valence-electron chi connectivity index (χ1n) is 5.91. The van der Waals surface area contributed by atoms with E-state index in [9.17, 15) is 14.7 Å². The van der Waals surface area contributed by atoms with Gasteiger partial charge in [-0.3, -0.25) is 4.79 Å². The number of pyridine rings is 1. The number of hydrogen-bond acceptors (Lipinski definition) is 5. The Morgan fingerprint density at radius 2 is 1.95 bits per heavy atom. The molecule has 5 nitrogen and oxygen atoms in total. The Bertz CT molecular complexity index is 662. The van der Waals surface area contributed by atoms with Crippen LogP contribution < -0.4 is 10.4 Å². The SMILES string of the molecule is O=C([O-])CSc1ccc(NC(=O)c2cccnc2Cl)cc1. The summed E-state index contributed by atoms with van der Waals surface area (Å²) < 4.78 is 0. The highest BCUT2D eigenvalue weighted by Crippen LogP contribution is 2.21. The van der Waals surface area contributed by atoms with Crippen molar-refractivity contribution < 1.29 is 14.7 Å². The van der Waals surface area contributed by atoms with Crippen LogP contribution in [0.15, 0.2) is 47.5 Å². The van der Waals surface area contributed by atoms with Gasteiger partial charge >= 0.3 is 0 Å². The molecule has 0 bridgehead atoms. The van der Waals surface area contributed by atoms with Crippen LogP contribution in [0.25, 0.3) is 0 Å². The van der Waals surface area contributed by atoms with Crippen molar-refractivity contribution in [2.75, 3.05) is 11.1 Å². The number of thioether (sulfide) groups is 1. The zero-order valence-electron chi connectivity index (χ0n) is 10.7. The fourth-order valence-electron chi connectivity index (χ4n) is 1.53. The fourth-order valence-corrected chi connectivity index (χ4v) is 2.35. The van der Waals surface area contributed by atoms with E-state index >= 15 is 0 Å². The Hall–Kier alpha value is -2.05. The normalized spacial score (nSPS) is 10.1. The molecule has 0 atom stereocenters. The van der Waals surface area contributed by atoms with Crippen molar-refractivity contribution in [2.24, 2.45) is 0 Å². The van der Waals surface area contributed by atoms with Gasteiger partial charge in [0.2, 0.25) is 0 Å². The molecule has 1 aromatic carbocycles. The molecule has 1 amide bonds. The molecule has 0 saturated heterocycles. The van der Waals surface area contributed by atoms with E-state index in [4.69, 9.17) is 11.6 Å². The molecule has 1 heterocycles. The van der Waals surface area contributed by atoms with Crippen LogP contribution in [0.5, 0.6) is 0 Å². The minimum absolute atomic E-state index is 0.114. The monoisotopic (exact) mass is 321 g/mol. The molecular weight excluding hydrogens is 312 g/mol. The molecule has 0 aliphatic heterocycles. The summed E-state index contributed by atoms with van der Waals surface area (Å²) in [5.74, 6) is -1.59. The summed E-state index contributed by atoms with van der Waals surface area (Å²) in [5.41, 5.74) is 0.868. The molecule has 0 spiro atoms. The summed E-state index contributed by atoms with van der Waals surface area (Å²) in [5, 5.41) is 13.2. The highest BCUT2D eigenvalue weighted by molar-refractivity contribution is 8.00. The lowest BCUT2D eigenvalue weighted by atomic mass is 10.2. The Labute approximate surface area is 130 Å². The number of carboxylic acid groups (broad SMARTS) is 1. The second-order valence-corrected chi connectivity index (χ2v) is 5.39. The smallest absolute Gasteiger partial charge is 0.258 e. The van der Waals surface area contributed by atoms with Crippen LogP contribution >= 0.6 is 23.4 Å². The summed E-state index contributed by atoms with van der Waals surface area (Å²) in [6.45, 7) is 0. The maximum atomic E-state index is 12.0. The van der Waals surface area contributed by atoms with Crippen molar-refractivity contribution in [1.82, 2.24) is 4.98 Å². The topological polar surface area (TPSA) is 82.1 Å². The molecule has 21 heavy (non-hydrogen) atoms. The first-order chi connectivity index (χ1) is 10.1. The van der Waals surface area contributed by atoms with E-state index in [0.717, 1.165) is 16.7 Å². The van der Waals surface area contributed by atoms with Crippen molar-refractivity contribution in [2.45, 2.75) is 4.90 Å². The van der Waals surface area contributed by atoms with Crippen molar-refractivity contribution in [3.8, 4) is 0 Å². The fraction of sp³-hybridized carbons (Fsp3) is 0.0714. The van der Waals surface area contributed by atoms with Crippen LogP contribution in [0.4, 0.5) is 5.69 Å². The molecule has 0 fully saturated rings. The molecule has 7 heteroatoms. The summed E-state index contributed by atoms with van der Waals surface area (Å²) in [6.07, 6.45) is 1.50. The minimum Gasteiger partial charge on any atom is -0.549 e. The predicted octanol–water partition coefficient (Wildman–Crippen LogP) is 1.83. The van der Waals surface area contributed by atoms with Crippen LogP contribution in [0.3, 0.4) is 0 Å². The Morgan fingerprint density at radius 3 is 2.57 bits per heavy atom. The Kier molecular flexibility index (Phi) is 5.19. The van der Waals surface area contributed by atoms with Gasteiger partial charge in [-0.25, -0.2) is 4.98 Å². The van der Waals surface area contributed by atoms with Crippen molar-refractivity contribution in [3.63, 3.8) is 0 Å². The standard InChI is InChI=1S/C14H11ClN2O3S/c15-13-11(2-1-7-16-13)14(20)17-9-3-5-10(6-4-9)21-8-12(18)19/h1-7H,8H2,(H,17,20)(H,18,19)/p-1. The second kappa shape index (κ2) is 7.10. The third kappa shape index (κ3) is 4.47. The van der Waals surface area contributed by atoms with Gasteiger partial charge in [0.25, 0.3) is 5.91 Å². The van der Waals surface area contributed by atoms with E-state index in [2.05, 4.69) is 10.3 Å². The maximum Gasteiger partial charge on any atom is 0.258 e. The number of benzene rings is 1. The second-order valence-electron chi connectivity index (χ2n) is 3.98. The first kappa shape index (κ1) is 15.3. The quantitative estimate of drug-likeness (QED) is 0.671. The molecule has 108 valence electrons. The number of carbonyl (C=O) groups excluding carboxylic acids is 2. The maximum absolute atomic E-state index is 12.0. The lowest BCUT2D eigenvalue weighted by Crippen LogP contribution is -2.24. The highest BCUT2D eigenvalue weighted by Gasteiger charge is 2.10. The van der Waals surface area contributed by atoms with E-state index in [1.54, 1.807) is 36.4 Å². The Balaban J connectivity index is 2.02. The van der Waals surface area contributed by atoms with Gasteiger partial charge in [-0.1, -0.05) is 11.6 Å². The molecule has 0 radical (unpaired) electrons. The first-order valence-corrected chi connectivity index (χ1v) is 7.27. The van der Waals surface area contributed by atoms with Crippen molar-refractivity contribution >= 4 is 40.9 Å². The summed E-state index contributed by atoms with van der Waals surface area (Å²) >= 11 is 6.99. The van der Waals surface area contributed by atoms with Crippen molar-refractivity contribution in [1.29, 1.82) is 0 Å². The number of carbonyl (C=O) groups is 2. The average Bonchev–Trinajstić information content (AvgIpc) is 2.47. The number of anilines is 1. The molecular formula is C14H10ClN2O3S-. The molecule has 0 aliphatic rings. The van der Waals surface area contributed by atoms with Gasteiger partial charge in [-0.15, -0.1) is 11.8 Å². The van der Waals surface area contributed by atoms with E-state index in [1.807, 2.05) is 0 Å². The lowest BCUT2D eigenvalue weighted by Gasteiger charge is -2.07. The number of rotatable bonds is 5. The summed E-state index contributed by atoms with van der Waals surface area (Å²) in [4.78, 5) is 27.0. The average molecular weight is 322 g/mol. The van der Waals surface area contributed by atoms with E-state index < -0.39 is 5.97 Å². The lowest BCUT2D eigenvalue weighted by molar-refractivity contribution is -0.301. The number of amides is 1. The van der Waals surface area contributed by atoms with E-state index in [-0.39, 0.29) is 22.4 Å². The number of aromatic nitrogens is 1. The number of nitrogens with zero attached hydrogens (tertiary/aromatic N) is 1. The number of hydrogen-bond donors (Lipinski definition) is 1. The van der Waals surface area contributed by atoms with Crippen LogP contribution in [-0.4, -0.2) is 22.6 Å². The highest BCUT2D eigenvalue weighted by atomic mass is 35.5. The summed E-state index contributed by atoms with van der Waals surface area (Å²) in [6, 6.07) is 10.00. The van der Waals surface area contributed by atoms with Gasteiger partial charge in [0, 0.05) is 22.5 Å². The van der Waals surface area contributed by atoms with Crippen LogP contribution in [0, 0.1) is 0 Å². The zero-order chi connectivity index (χ0) is 15.2. The molecule has 2 rings (SSSR count). The zero-order valence-corrected chi connectivity index (χ0v) is 12.3. The third-order valence-electron chi connectivity index (χ3n) is 2.47. The van der Waals surface area contributed by atoms with Gasteiger partial charge in [0.15, 0.2) is 0 Å². The van der Waals surface area contributed by atoms with Crippen molar-refractivity contribution in [3.05, 3.63) is 53.3 Å². The van der Waals surface area contributed by atoms with Gasteiger partial charge < -0.3 is 15.2 Å². The molecule has 0 aliphatic carbocycles. The largest absolute Gasteiger partial charge is 0.549 e. The van der Waals surface area contributed by atoms with Gasteiger partial charge in [0.05, 0.1) is 11.5 Å². The molecule has 0 unspecified atom stereocenters. The molecule has 1 N–H and O–H groups in total. The number of halogens is 1. The van der Waals surface area contributed by atoms with Crippen LogP contribution in [0.1, 0.15) is 10.4 Å². The number of nitrogens with one attached hydrogen (secondary N) is 1. The number of aliphatic carboxylic acids is 1. The third-order valence-corrected chi connectivity index (χ3v) is 3.76. The molecule has 1 aromatic heterocycles. The van der Waals surface area contributed by atoms with Crippen LogP contribution in [-0.2, 0) is 4.79 Å². The minimum atomic E-state index is -1.12. The predicted molar refractivity (Wildman–Crippen MR) is 79.4 cm³/mol. The summed E-state index contributed by atoms with van der Waals surface area (Å²) in [7, 11) is 0. The Morgan fingerprint density at radius 1 is 1.24 bits per heavy atom. The number of carboxylic acids is 1. The van der Waals surface area contributed by atoms with Gasteiger partial charge in [0.1, 0.15) is 5.15 Å². The van der Waals surface area contributed by atoms with E-state index in [1.165, 1.54) is 6.20 Å². The van der Waals surface area contributed by atoms with Gasteiger partial charge in [-0.05, 0) is 36.4 Å². The van der Waals surface area contributed by atoms with Crippen LogP contribution in [0.2, 0.25) is 5.15 Å².